The highest BCUT2D eigenvalue weighted by Gasteiger charge is 2.17. The van der Waals surface area contributed by atoms with E-state index < -0.39 is 0 Å². The van der Waals surface area contributed by atoms with Crippen molar-refractivity contribution in [3.05, 3.63) is 41.9 Å². The summed E-state index contributed by atoms with van der Waals surface area (Å²) < 4.78 is 15.1. The van der Waals surface area contributed by atoms with Crippen molar-refractivity contribution in [1.82, 2.24) is 9.58 Å². The highest BCUT2D eigenvalue weighted by Crippen LogP contribution is 2.30. The number of nitrogens with two attached hydrogens (primary N) is 1. The Morgan fingerprint density at radius 2 is 2.14 bits per heavy atom. The summed E-state index contributed by atoms with van der Waals surface area (Å²) in [5.41, 5.74) is 3.21. The van der Waals surface area contributed by atoms with Gasteiger partial charge in [-0.15, -0.1) is 0 Å². The van der Waals surface area contributed by atoms with Crippen LogP contribution in [0.4, 0.5) is 4.39 Å². The average Bonchev–Trinajstić information content (AvgIpc) is 2.76. The first-order valence-corrected chi connectivity index (χ1v) is 7.52. The van der Waals surface area contributed by atoms with Gasteiger partial charge in [-0.05, 0) is 36.1 Å². The molecule has 4 heteroatoms. The van der Waals surface area contributed by atoms with Crippen molar-refractivity contribution in [3.63, 3.8) is 0 Å². The second-order valence-electron chi connectivity index (χ2n) is 6.24. The molecule has 0 saturated heterocycles. The molecule has 1 aliphatic rings. The summed E-state index contributed by atoms with van der Waals surface area (Å²) in [5, 5.41) is 0.904. The fourth-order valence-corrected chi connectivity index (χ4v) is 3.12. The molecule has 1 aromatic heterocycles. The van der Waals surface area contributed by atoms with Crippen LogP contribution in [0.5, 0.6) is 0 Å². The largest absolute Gasteiger partial charge is 0.339 e. The smallest absolute Gasteiger partial charge is 0.123 e. The third-order valence-electron chi connectivity index (χ3n) is 4.06. The summed E-state index contributed by atoms with van der Waals surface area (Å²) in [7, 11) is 0. The Labute approximate surface area is 124 Å². The van der Waals surface area contributed by atoms with Crippen LogP contribution in [0.2, 0.25) is 0 Å². The van der Waals surface area contributed by atoms with E-state index in [-0.39, 0.29) is 5.82 Å². The van der Waals surface area contributed by atoms with Crippen LogP contribution in [-0.2, 0) is 0 Å². The molecule has 3 rings (SSSR count). The second-order valence-corrected chi connectivity index (χ2v) is 6.24. The Hall–Kier alpha value is -1.81. The van der Waals surface area contributed by atoms with E-state index in [1.807, 2.05) is 6.20 Å². The van der Waals surface area contributed by atoms with Crippen LogP contribution >= 0.6 is 0 Å². The Morgan fingerprint density at radius 1 is 1.33 bits per heavy atom. The standard InChI is InChI=1S/C17H22FN3/c1-12(2)10-20-7-5-13(6-8-20)16-11-21(19)17-4-3-14(18)9-15(16)17/h3-5,9,11-12H,6-8,10,19H2,1-2H3. The molecular formula is C17H22FN3. The molecule has 0 aliphatic carbocycles. The van der Waals surface area contributed by atoms with E-state index in [0.717, 1.165) is 42.5 Å². The predicted octanol–water partition coefficient (Wildman–Crippen LogP) is 3.24. The second kappa shape index (κ2) is 5.53. The minimum absolute atomic E-state index is 0.215. The summed E-state index contributed by atoms with van der Waals surface area (Å²) in [6, 6.07) is 4.77. The van der Waals surface area contributed by atoms with Gasteiger partial charge >= 0.3 is 0 Å². The number of benzene rings is 1. The zero-order valence-corrected chi connectivity index (χ0v) is 12.6. The van der Waals surface area contributed by atoms with Crippen molar-refractivity contribution in [1.29, 1.82) is 0 Å². The normalized spacial score (nSPS) is 16.7. The molecule has 1 aliphatic heterocycles. The lowest BCUT2D eigenvalue weighted by Crippen LogP contribution is -2.31. The van der Waals surface area contributed by atoms with Gasteiger partial charge in [0.2, 0.25) is 0 Å². The molecule has 2 aromatic rings. The zero-order chi connectivity index (χ0) is 15.0. The third kappa shape index (κ3) is 2.81. The van der Waals surface area contributed by atoms with Crippen molar-refractivity contribution in [2.75, 3.05) is 25.5 Å². The van der Waals surface area contributed by atoms with Gasteiger partial charge in [0.15, 0.2) is 0 Å². The van der Waals surface area contributed by atoms with Crippen LogP contribution in [0.15, 0.2) is 30.5 Å². The van der Waals surface area contributed by atoms with Gasteiger partial charge in [0.05, 0.1) is 5.52 Å². The van der Waals surface area contributed by atoms with Gasteiger partial charge in [-0.25, -0.2) is 4.39 Å². The van der Waals surface area contributed by atoms with Gasteiger partial charge in [-0.2, -0.15) is 0 Å². The summed E-state index contributed by atoms with van der Waals surface area (Å²) in [4.78, 5) is 2.45. The summed E-state index contributed by atoms with van der Waals surface area (Å²) in [5.74, 6) is 6.45. The molecule has 0 bridgehead atoms. The Balaban J connectivity index is 1.91. The number of hydrogen-bond donors (Lipinski definition) is 1. The van der Waals surface area contributed by atoms with E-state index in [0.29, 0.717) is 5.92 Å². The number of rotatable bonds is 3. The van der Waals surface area contributed by atoms with E-state index in [2.05, 4.69) is 24.8 Å². The number of fused-ring (bicyclic) bond motifs is 1. The molecule has 2 heterocycles. The number of aromatic nitrogens is 1. The average molecular weight is 287 g/mol. The lowest BCUT2D eigenvalue weighted by Gasteiger charge is -2.27. The molecule has 0 saturated carbocycles. The number of halogens is 1. The van der Waals surface area contributed by atoms with Crippen LogP contribution in [0.25, 0.3) is 16.5 Å². The molecule has 0 radical (unpaired) electrons. The monoisotopic (exact) mass is 287 g/mol. The topological polar surface area (TPSA) is 34.2 Å². The minimum atomic E-state index is -0.215. The molecular weight excluding hydrogens is 265 g/mol. The van der Waals surface area contributed by atoms with E-state index >= 15 is 0 Å². The SMILES string of the molecule is CC(C)CN1CC=C(c2cn(N)c3ccc(F)cc23)CC1. The maximum Gasteiger partial charge on any atom is 0.123 e. The first kappa shape index (κ1) is 14.1. The summed E-state index contributed by atoms with van der Waals surface area (Å²) in [6.45, 7) is 7.61. The fraction of sp³-hybridized carbons (Fsp3) is 0.412. The van der Waals surface area contributed by atoms with Crippen LogP contribution in [0.3, 0.4) is 0 Å². The summed E-state index contributed by atoms with van der Waals surface area (Å²) >= 11 is 0. The van der Waals surface area contributed by atoms with Gasteiger partial charge < -0.3 is 5.84 Å². The predicted molar refractivity (Wildman–Crippen MR) is 85.9 cm³/mol. The molecule has 2 N–H and O–H groups in total. The van der Waals surface area contributed by atoms with E-state index in [1.54, 1.807) is 16.8 Å². The maximum absolute atomic E-state index is 13.5. The first-order valence-electron chi connectivity index (χ1n) is 7.52. The van der Waals surface area contributed by atoms with Gasteiger partial charge in [0.1, 0.15) is 5.82 Å². The van der Waals surface area contributed by atoms with Gasteiger partial charge in [-0.3, -0.25) is 9.58 Å². The van der Waals surface area contributed by atoms with Crippen LogP contribution in [0.1, 0.15) is 25.8 Å². The van der Waals surface area contributed by atoms with Gasteiger partial charge in [0.25, 0.3) is 0 Å². The lowest BCUT2D eigenvalue weighted by molar-refractivity contribution is 0.268. The van der Waals surface area contributed by atoms with E-state index in [9.17, 15) is 4.39 Å². The van der Waals surface area contributed by atoms with Crippen molar-refractivity contribution in [2.45, 2.75) is 20.3 Å². The number of hydrogen-bond acceptors (Lipinski definition) is 2. The Morgan fingerprint density at radius 3 is 2.81 bits per heavy atom. The van der Waals surface area contributed by atoms with Crippen molar-refractivity contribution >= 4 is 16.5 Å². The molecule has 1 aromatic carbocycles. The molecule has 112 valence electrons. The first-order chi connectivity index (χ1) is 10.0. The number of nitrogen functional groups attached to an aromatic ring is 1. The van der Waals surface area contributed by atoms with Crippen molar-refractivity contribution in [3.8, 4) is 0 Å². The van der Waals surface area contributed by atoms with Crippen molar-refractivity contribution < 1.29 is 4.39 Å². The van der Waals surface area contributed by atoms with Gasteiger partial charge in [-0.1, -0.05) is 19.9 Å². The molecule has 0 fully saturated rings. The zero-order valence-electron chi connectivity index (χ0n) is 12.6. The Bertz CT molecular complexity index is 685. The van der Waals surface area contributed by atoms with Crippen LogP contribution in [0, 0.1) is 11.7 Å². The molecule has 21 heavy (non-hydrogen) atoms. The summed E-state index contributed by atoms with van der Waals surface area (Å²) in [6.07, 6.45) is 5.15. The highest BCUT2D eigenvalue weighted by atomic mass is 19.1. The van der Waals surface area contributed by atoms with E-state index in [4.69, 9.17) is 5.84 Å². The lowest BCUT2D eigenvalue weighted by atomic mass is 9.98. The Kier molecular flexibility index (Phi) is 3.72. The molecule has 0 spiro atoms. The third-order valence-corrected chi connectivity index (χ3v) is 4.06. The van der Waals surface area contributed by atoms with Gasteiger partial charge in [0, 0.05) is 36.8 Å². The minimum Gasteiger partial charge on any atom is -0.339 e. The molecule has 0 amide bonds. The van der Waals surface area contributed by atoms with E-state index in [1.165, 1.54) is 11.6 Å². The molecule has 0 atom stereocenters. The maximum atomic E-state index is 13.5. The quantitative estimate of drug-likeness (QED) is 0.879. The fourth-order valence-electron chi connectivity index (χ4n) is 3.12. The molecule has 3 nitrogen and oxygen atoms in total. The highest BCUT2D eigenvalue weighted by molar-refractivity contribution is 5.93. The van der Waals surface area contributed by atoms with Crippen molar-refractivity contribution in [2.24, 2.45) is 5.92 Å². The molecule has 0 unspecified atom stereocenters. The number of nitrogens with zero attached hydrogens (tertiary/aromatic N) is 2. The van der Waals surface area contributed by atoms with Crippen LogP contribution in [-0.4, -0.2) is 29.2 Å². The van der Waals surface area contributed by atoms with Crippen LogP contribution < -0.4 is 5.84 Å².